The number of rotatable bonds is 8. The smallest absolute Gasteiger partial charge is 0.0808 e. The van der Waals surface area contributed by atoms with Crippen molar-refractivity contribution in [3.63, 3.8) is 0 Å². The molecule has 1 rings (SSSR count). The first-order chi connectivity index (χ1) is 8.18. The molecule has 17 heavy (non-hydrogen) atoms. The number of ether oxygens (including phenoxy) is 2. The van der Waals surface area contributed by atoms with Gasteiger partial charge in [0.05, 0.1) is 18.8 Å². The minimum absolute atomic E-state index is 0.285. The fourth-order valence-corrected chi connectivity index (χ4v) is 1.97. The van der Waals surface area contributed by atoms with E-state index in [0.717, 1.165) is 38.6 Å². The Hall–Kier alpha value is -0.120. The molecule has 102 valence electrons. The summed E-state index contributed by atoms with van der Waals surface area (Å²) < 4.78 is 11.4. The summed E-state index contributed by atoms with van der Waals surface area (Å²) in [7, 11) is 0. The van der Waals surface area contributed by atoms with Crippen molar-refractivity contribution in [1.82, 2.24) is 5.32 Å². The molecule has 0 spiro atoms. The maximum absolute atomic E-state index is 5.80. The Bertz CT molecular complexity index is 179. The summed E-state index contributed by atoms with van der Waals surface area (Å²) in [6.45, 7) is 10.3. The zero-order valence-electron chi connectivity index (χ0n) is 11.7. The van der Waals surface area contributed by atoms with Crippen LogP contribution in [0.2, 0.25) is 0 Å². The summed E-state index contributed by atoms with van der Waals surface area (Å²) >= 11 is 0. The molecule has 0 aromatic heterocycles. The fourth-order valence-electron chi connectivity index (χ4n) is 1.97. The van der Waals surface area contributed by atoms with E-state index in [1.54, 1.807) is 0 Å². The molecule has 3 heteroatoms. The molecule has 1 aliphatic rings. The molecule has 0 amide bonds. The van der Waals surface area contributed by atoms with Crippen molar-refractivity contribution >= 4 is 0 Å². The Morgan fingerprint density at radius 3 is 2.76 bits per heavy atom. The van der Waals surface area contributed by atoms with Gasteiger partial charge in [-0.1, -0.05) is 13.8 Å². The van der Waals surface area contributed by atoms with Gasteiger partial charge in [-0.2, -0.15) is 0 Å². The van der Waals surface area contributed by atoms with E-state index >= 15 is 0 Å². The van der Waals surface area contributed by atoms with Gasteiger partial charge in [-0.05, 0) is 45.1 Å². The summed E-state index contributed by atoms with van der Waals surface area (Å²) in [5.74, 6) is 0.773. The summed E-state index contributed by atoms with van der Waals surface area (Å²) in [5, 5.41) is 3.44. The van der Waals surface area contributed by atoms with Crippen LogP contribution in [-0.4, -0.2) is 38.5 Å². The van der Waals surface area contributed by atoms with E-state index < -0.39 is 0 Å². The second-order valence-corrected chi connectivity index (χ2v) is 5.52. The van der Waals surface area contributed by atoms with Crippen molar-refractivity contribution in [1.29, 1.82) is 0 Å². The largest absolute Gasteiger partial charge is 0.376 e. The van der Waals surface area contributed by atoms with Gasteiger partial charge in [0.15, 0.2) is 0 Å². The highest BCUT2D eigenvalue weighted by atomic mass is 16.5. The van der Waals surface area contributed by atoms with Gasteiger partial charge < -0.3 is 14.8 Å². The number of hydrogen-bond donors (Lipinski definition) is 1. The molecule has 0 aliphatic carbocycles. The van der Waals surface area contributed by atoms with E-state index in [0.29, 0.717) is 6.10 Å². The van der Waals surface area contributed by atoms with Gasteiger partial charge in [-0.25, -0.2) is 0 Å². The van der Waals surface area contributed by atoms with Crippen molar-refractivity contribution in [2.24, 2.45) is 5.92 Å². The molecular weight excluding hydrogens is 214 g/mol. The molecule has 2 unspecified atom stereocenters. The third kappa shape index (κ3) is 7.74. The van der Waals surface area contributed by atoms with Crippen molar-refractivity contribution in [2.75, 3.05) is 26.3 Å². The molecule has 0 saturated carbocycles. The molecule has 1 aliphatic heterocycles. The maximum atomic E-state index is 5.80. The molecule has 3 nitrogen and oxygen atoms in total. The zero-order valence-corrected chi connectivity index (χ0v) is 11.7. The van der Waals surface area contributed by atoms with Crippen LogP contribution in [0.15, 0.2) is 0 Å². The minimum atomic E-state index is 0.285. The van der Waals surface area contributed by atoms with E-state index in [1.165, 1.54) is 19.3 Å². The summed E-state index contributed by atoms with van der Waals surface area (Å²) in [5.41, 5.74) is 0. The Labute approximate surface area is 106 Å². The lowest BCUT2D eigenvalue weighted by Crippen LogP contribution is -2.32. The summed E-state index contributed by atoms with van der Waals surface area (Å²) in [4.78, 5) is 0. The third-order valence-electron chi connectivity index (χ3n) is 3.17. The van der Waals surface area contributed by atoms with Gasteiger partial charge in [0.1, 0.15) is 0 Å². The highest BCUT2D eigenvalue weighted by Crippen LogP contribution is 2.13. The molecule has 0 radical (unpaired) electrons. The van der Waals surface area contributed by atoms with E-state index in [-0.39, 0.29) is 6.10 Å². The SMILES string of the molecule is CC(C)CCNCC(C)OCC1CCCCO1. The molecule has 1 N–H and O–H groups in total. The van der Waals surface area contributed by atoms with Crippen molar-refractivity contribution in [3.8, 4) is 0 Å². The molecule has 1 fully saturated rings. The van der Waals surface area contributed by atoms with Gasteiger partial charge in [-0.15, -0.1) is 0 Å². The normalized spacial score (nSPS) is 22.9. The first kappa shape index (κ1) is 14.9. The summed E-state index contributed by atoms with van der Waals surface area (Å²) in [6.07, 6.45) is 5.51. The fraction of sp³-hybridized carbons (Fsp3) is 1.00. The van der Waals surface area contributed by atoms with Crippen LogP contribution in [0.5, 0.6) is 0 Å². The van der Waals surface area contributed by atoms with Gasteiger partial charge in [0, 0.05) is 13.2 Å². The first-order valence-corrected chi connectivity index (χ1v) is 7.12. The van der Waals surface area contributed by atoms with Crippen LogP contribution in [0.4, 0.5) is 0 Å². The van der Waals surface area contributed by atoms with Crippen molar-refractivity contribution in [2.45, 2.75) is 58.7 Å². The van der Waals surface area contributed by atoms with Gasteiger partial charge in [0.25, 0.3) is 0 Å². The van der Waals surface area contributed by atoms with Gasteiger partial charge >= 0.3 is 0 Å². The first-order valence-electron chi connectivity index (χ1n) is 7.12. The Balaban J connectivity index is 1.94. The lowest BCUT2D eigenvalue weighted by Gasteiger charge is -2.24. The van der Waals surface area contributed by atoms with Crippen LogP contribution in [0.1, 0.15) is 46.5 Å². The molecule has 0 aromatic carbocycles. The molecule has 2 atom stereocenters. The third-order valence-corrected chi connectivity index (χ3v) is 3.17. The Morgan fingerprint density at radius 2 is 2.12 bits per heavy atom. The predicted octanol–water partition coefficient (Wildman–Crippen LogP) is 2.60. The monoisotopic (exact) mass is 243 g/mol. The quantitative estimate of drug-likeness (QED) is 0.665. The average molecular weight is 243 g/mol. The maximum Gasteiger partial charge on any atom is 0.0808 e. The van der Waals surface area contributed by atoms with Crippen LogP contribution in [-0.2, 0) is 9.47 Å². The summed E-state index contributed by atoms with van der Waals surface area (Å²) in [6, 6.07) is 0. The van der Waals surface area contributed by atoms with Gasteiger partial charge in [0.2, 0.25) is 0 Å². The van der Waals surface area contributed by atoms with Crippen molar-refractivity contribution in [3.05, 3.63) is 0 Å². The lowest BCUT2D eigenvalue weighted by atomic mass is 10.1. The van der Waals surface area contributed by atoms with Crippen molar-refractivity contribution < 1.29 is 9.47 Å². The van der Waals surface area contributed by atoms with E-state index in [4.69, 9.17) is 9.47 Å². The topological polar surface area (TPSA) is 30.5 Å². The highest BCUT2D eigenvalue weighted by molar-refractivity contribution is 4.64. The number of hydrogen-bond acceptors (Lipinski definition) is 3. The highest BCUT2D eigenvalue weighted by Gasteiger charge is 2.15. The molecular formula is C14H29NO2. The molecule has 0 aromatic rings. The zero-order chi connectivity index (χ0) is 12.5. The van der Waals surface area contributed by atoms with E-state index in [1.807, 2.05) is 0 Å². The van der Waals surface area contributed by atoms with Crippen LogP contribution in [0.3, 0.4) is 0 Å². The van der Waals surface area contributed by atoms with Crippen LogP contribution in [0, 0.1) is 5.92 Å². The van der Waals surface area contributed by atoms with E-state index in [2.05, 4.69) is 26.1 Å². The standard InChI is InChI=1S/C14H29NO2/c1-12(2)7-8-15-10-13(3)17-11-14-6-4-5-9-16-14/h12-15H,4-11H2,1-3H3. The number of nitrogens with one attached hydrogen (secondary N) is 1. The van der Waals surface area contributed by atoms with E-state index in [9.17, 15) is 0 Å². The van der Waals surface area contributed by atoms with Crippen LogP contribution in [0.25, 0.3) is 0 Å². The Morgan fingerprint density at radius 1 is 1.29 bits per heavy atom. The van der Waals surface area contributed by atoms with Crippen LogP contribution >= 0.6 is 0 Å². The minimum Gasteiger partial charge on any atom is -0.376 e. The predicted molar refractivity (Wildman–Crippen MR) is 71.3 cm³/mol. The molecule has 1 heterocycles. The van der Waals surface area contributed by atoms with Crippen LogP contribution < -0.4 is 5.32 Å². The second-order valence-electron chi connectivity index (χ2n) is 5.52. The average Bonchev–Trinajstić information content (AvgIpc) is 2.33. The molecule has 1 saturated heterocycles. The molecule has 0 bridgehead atoms. The Kier molecular flexibility index (Phi) is 7.82. The second kappa shape index (κ2) is 8.90. The van der Waals surface area contributed by atoms with Gasteiger partial charge in [-0.3, -0.25) is 0 Å². The lowest BCUT2D eigenvalue weighted by molar-refractivity contribution is -0.0583.